The van der Waals surface area contributed by atoms with Gasteiger partial charge in [-0.1, -0.05) is 19.1 Å². The normalized spacial score (nSPS) is 30.5. The third-order valence-corrected chi connectivity index (χ3v) is 4.87. The van der Waals surface area contributed by atoms with Gasteiger partial charge in [0.1, 0.15) is 6.29 Å². The van der Waals surface area contributed by atoms with Crippen LogP contribution in [0, 0.1) is 11.3 Å². The van der Waals surface area contributed by atoms with E-state index in [2.05, 4.69) is 13.5 Å². The summed E-state index contributed by atoms with van der Waals surface area (Å²) in [5.41, 5.74) is 2.92. The van der Waals surface area contributed by atoms with Crippen LogP contribution in [0.25, 0.3) is 0 Å². The zero-order valence-electron chi connectivity index (χ0n) is 11.8. The van der Waals surface area contributed by atoms with Crippen molar-refractivity contribution >= 4 is 12.3 Å². The van der Waals surface area contributed by atoms with Gasteiger partial charge in [-0.3, -0.25) is 4.79 Å². The summed E-state index contributed by atoms with van der Waals surface area (Å²) in [5, 5.41) is 0. The number of esters is 1. The number of methoxy groups -OCH3 is 1. The van der Waals surface area contributed by atoms with Gasteiger partial charge in [-0.15, -0.1) is 0 Å². The van der Waals surface area contributed by atoms with Crippen molar-refractivity contribution in [2.75, 3.05) is 7.11 Å². The maximum absolute atomic E-state index is 11.6. The molecule has 0 aromatic rings. The number of fused-ring (bicyclic) bond motifs is 1. The molecule has 104 valence electrons. The maximum Gasteiger partial charge on any atom is 0.333 e. The summed E-state index contributed by atoms with van der Waals surface area (Å²) < 4.78 is 4.76. The van der Waals surface area contributed by atoms with Crippen molar-refractivity contribution in [3.05, 3.63) is 23.3 Å². The van der Waals surface area contributed by atoms with Crippen LogP contribution in [-0.4, -0.2) is 19.4 Å². The van der Waals surface area contributed by atoms with Crippen molar-refractivity contribution in [1.29, 1.82) is 0 Å². The van der Waals surface area contributed by atoms with Crippen LogP contribution in [0.3, 0.4) is 0 Å². The minimum absolute atomic E-state index is 0.128. The third kappa shape index (κ3) is 2.51. The average molecular weight is 262 g/mol. The van der Waals surface area contributed by atoms with E-state index in [0.29, 0.717) is 5.57 Å². The van der Waals surface area contributed by atoms with E-state index in [9.17, 15) is 9.59 Å². The molecule has 19 heavy (non-hydrogen) atoms. The molecule has 1 saturated carbocycles. The number of ether oxygens (including phenoxy) is 1. The van der Waals surface area contributed by atoms with Crippen LogP contribution in [-0.2, 0) is 14.3 Å². The molecule has 2 atom stereocenters. The molecular formula is C16H22O3. The number of hydrogen-bond donors (Lipinski definition) is 0. The van der Waals surface area contributed by atoms with Crippen molar-refractivity contribution < 1.29 is 14.3 Å². The minimum atomic E-state index is -0.322. The predicted molar refractivity (Wildman–Crippen MR) is 73.5 cm³/mol. The van der Waals surface area contributed by atoms with E-state index < -0.39 is 0 Å². The van der Waals surface area contributed by atoms with Gasteiger partial charge in [-0.05, 0) is 55.4 Å². The van der Waals surface area contributed by atoms with Crippen LogP contribution in [0.2, 0.25) is 0 Å². The highest BCUT2D eigenvalue weighted by Crippen LogP contribution is 2.51. The number of carbonyl (C=O) groups is 2. The summed E-state index contributed by atoms with van der Waals surface area (Å²) in [6.07, 6.45) is 6.91. The molecule has 0 N–H and O–H groups in total. The van der Waals surface area contributed by atoms with Gasteiger partial charge in [-0.25, -0.2) is 4.79 Å². The molecule has 0 saturated heterocycles. The number of aldehydes is 1. The van der Waals surface area contributed by atoms with Crippen molar-refractivity contribution in [3.8, 4) is 0 Å². The lowest BCUT2D eigenvalue weighted by molar-refractivity contribution is -0.136. The van der Waals surface area contributed by atoms with Gasteiger partial charge < -0.3 is 4.74 Å². The molecule has 0 radical (unpaired) electrons. The average Bonchev–Trinajstić information content (AvgIpc) is 2.43. The molecule has 2 aliphatic carbocycles. The molecule has 0 amide bonds. The first-order valence-electron chi connectivity index (χ1n) is 6.96. The quantitative estimate of drug-likeness (QED) is 0.445. The first-order valence-corrected chi connectivity index (χ1v) is 6.96. The molecule has 0 aromatic carbocycles. The first kappa shape index (κ1) is 14.0. The summed E-state index contributed by atoms with van der Waals surface area (Å²) in [7, 11) is 1.39. The third-order valence-electron chi connectivity index (χ3n) is 4.87. The number of rotatable bonds is 3. The van der Waals surface area contributed by atoms with E-state index in [-0.39, 0.29) is 17.3 Å². The Kier molecular flexibility index (Phi) is 3.93. The fourth-order valence-corrected chi connectivity index (χ4v) is 3.58. The van der Waals surface area contributed by atoms with E-state index in [0.717, 1.165) is 50.4 Å². The lowest BCUT2D eigenvalue weighted by atomic mass is 9.61. The van der Waals surface area contributed by atoms with Gasteiger partial charge in [-0.2, -0.15) is 0 Å². The minimum Gasteiger partial charge on any atom is -0.466 e. The van der Waals surface area contributed by atoms with E-state index in [1.54, 1.807) is 0 Å². The Morgan fingerprint density at radius 2 is 2.21 bits per heavy atom. The fourth-order valence-electron chi connectivity index (χ4n) is 3.58. The summed E-state index contributed by atoms with van der Waals surface area (Å²) in [5.74, 6) is -0.193. The molecule has 3 heteroatoms. The molecule has 1 fully saturated rings. The molecule has 0 aromatic heterocycles. The van der Waals surface area contributed by atoms with Crippen molar-refractivity contribution in [1.82, 2.24) is 0 Å². The molecule has 2 aliphatic rings. The highest BCUT2D eigenvalue weighted by molar-refractivity contribution is 5.88. The second kappa shape index (κ2) is 5.32. The zero-order valence-corrected chi connectivity index (χ0v) is 11.8. The Hall–Kier alpha value is -1.38. The predicted octanol–water partition coefficient (Wildman–Crippen LogP) is 3.20. The Morgan fingerprint density at radius 3 is 2.84 bits per heavy atom. The highest BCUT2D eigenvalue weighted by Gasteiger charge is 2.40. The van der Waals surface area contributed by atoms with Crippen LogP contribution in [0.5, 0.6) is 0 Å². The Balaban J connectivity index is 2.25. The largest absolute Gasteiger partial charge is 0.466 e. The number of allylic oxidation sites excluding steroid dienone is 2. The van der Waals surface area contributed by atoms with Gasteiger partial charge >= 0.3 is 5.97 Å². The van der Waals surface area contributed by atoms with E-state index in [4.69, 9.17) is 4.74 Å². The second-order valence-corrected chi connectivity index (χ2v) is 5.99. The summed E-state index contributed by atoms with van der Waals surface area (Å²) in [6, 6.07) is 0. The molecule has 0 heterocycles. The molecule has 2 unspecified atom stereocenters. The van der Waals surface area contributed by atoms with Gasteiger partial charge in [0, 0.05) is 5.57 Å². The standard InChI is InChI=1S/C16H22O3/c1-11(15(18)19-3)12-6-8-16(2)7-4-5-13(10-17)14(16)9-12/h10,12H,1,4-9H2,2-3H3. The number of hydrogen-bond acceptors (Lipinski definition) is 3. The fraction of sp³-hybridized carbons (Fsp3) is 0.625. The molecule has 0 bridgehead atoms. The lowest BCUT2D eigenvalue weighted by Gasteiger charge is -2.44. The molecule has 2 rings (SSSR count). The van der Waals surface area contributed by atoms with Crippen LogP contribution in [0.1, 0.15) is 45.4 Å². The summed E-state index contributed by atoms with van der Waals surface area (Å²) in [4.78, 5) is 22.8. The molecular weight excluding hydrogens is 240 g/mol. The van der Waals surface area contributed by atoms with Crippen molar-refractivity contribution in [3.63, 3.8) is 0 Å². The van der Waals surface area contributed by atoms with E-state index in [1.165, 1.54) is 12.7 Å². The van der Waals surface area contributed by atoms with Crippen LogP contribution in [0.4, 0.5) is 0 Å². The summed E-state index contributed by atoms with van der Waals surface area (Å²) in [6.45, 7) is 6.13. The number of carbonyl (C=O) groups excluding carboxylic acids is 2. The molecule has 3 nitrogen and oxygen atoms in total. The smallest absolute Gasteiger partial charge is 0.333 e. The Bertz CT molecular complexity index is 447. The van der Waals surface area contributed by atoms with Crippen LogP contribution < -0.4 is 0 Å². The first-order chi connectivity index (χ1) is 9.01. The molecule has 0 aliphatic heterocycles. The van der Waals surface area contributed by atoms with Gasteiger partial charge in [0.2, 0.25) is 0 Å². The van der Waals surface area contributed by atoms with E-state index >= 15 is 0 Å². The van der Waals surface area contributed by atoms with E-state index in [1.807, 2.05) is 0 Å². The Labute approximate surface area is 114 Å². The second-order valence-electron chi connectivity index (χ2n) is 5.99. The van der Waals surface area contributed by atoms with Crippen LogP contribution >= 0.6 is 0 Å². The van der Waals surface area contributed by atoms with Crippen molar-refractivity contribution in [2.45, 2.75) is 45.4 Å². The SMILES string of the molecule is C=C(C(=O)OC)C1CCC2(C)CCCC(C=O)=C2C1. The monoisotopic (exact) mass is 262 g/mol. The van der Waals surface area contributed by atoms with Crippen molar-refractivity contribution in [2.24, 2.45) is 11.3 Å². The zero-order chi connectivity index (χ0) is 14.0. The maximum atomic E-state index is 11.6. The highest BCUT2D eigenvalue weighted by atomic mass is 16.5. The van der Waals surface area contributed by atoms with Gasteiger partial charge in [0.25, 0.3) is 0 Å². The molecule has 0 spiro atoms. The van der Waals surface area contributed by atoms with Crippen LogP contribution in [0.15, 0.2) is 23.3 Å². The Morgan fingerprint density at radius 1 is 1.47 bits per heavy atom. The topological polar surface area (TPSA) is 43.4 Å². The lowest BCUT2D eigenvalue weighted by Crippen LogP contribution is -2.33. The van der Waals surface area contributed by atoms with Gasteiger partial charge in [0.15, 0.2) is 0 Å². The van der Waals surface area contributed by atoms with Gasteiger partial charge in [0.05, 0.1) is 7.11 Å². The summed E-state index contributed by atoms with van der Waals surface area (Å²) >= 11 is 0.